The molecule has 1 heterocycles. The molecule has 0 atom stereocenters. The van der Waals surface area contributed by atoms with Gasteiger partial charge in [-0.1, -0.05) is 72.8 Å². The van der Waals surface area contributed by atoms with E-state index in [0.717, 1.165) is 57.8 Å². The van der Waals surface area contributed by atoms with Gasteiger partial charge in [-0.3, -0.25) is 9.59 Å². The lowest BCUT2D eigenvalue weighted by Crippen LogP contribution is -2.31. The normalized spacial score (nSPS) is 13.8. The highest BCUT2D eigenvalue weighted by atomic mass is 16.4. The second-order valence-electron chi connectivity index (χ2n) is 9.89. The van der Waals surface area contributed by atoms with E-state index in [0.29, 0.717) is 18.7 Å². The number of carbonyl (C=O) groups is 2. The first-order valence-electron chi connectivity index (χ1n) is 13.5. The number of fused-ring (bicyclic) bond motifs is 1. The molecule has 0 saturated heterocycles. The molecule has 0 spiro atoms. The second kappa shape index (κ2) is 11.5. The topological polar surface area (TPSA) is 74.9 Å². The van der Waals surface area contributed by atoms with Crippen molar-refractivity contribution < 1.29 is 14.0 Å². The van der Waals surface area contributed by atoms with Crippen molar-refractivity contribution in [1.29, 1.82) is 0 Å². The largest absolute Gasteiger partial charge is 0.455 e. The number of furan rings is 1. The maximum atomic E-state index is 13.6. The minimum Gasteiger partial charge on any atom is -0.455 e. The molecule has 4 aromatic rings. The summed E-state index contributed by atoms with van der Waals surface area (Å²) in [6, 6.07) is 27.3. The summed E-state index contributed by atoms with van der Waals surface area (Å²) in [7, 11) is 0. The fourth-order valence-corrected chi connectivity index (χ4v) is 5.32. The van der Waals surface area contributed by atoms with E-state index in [4.69, 9.17) is 4.42 Å². The maximum absolute atomic E-state index is 13.6. The summed E-state index contributed by atoms with van der Waals surface area (Å²) in [6.45, 7) is 6.39. The first kappa shape index (κ1) is 26.2. The Morgan fingerprint density at radius 2 is 1.59 bits per heavy atom. The fraction of sp³-hybridized carbons (Fsp3) is 0.242. The lowest BCUT2D eigenvalue weighted by Gasteiger charge is -2.20. The molecule has 6 heteroatoms. The van der Waals surface area contributed by atoms with Crippen LogP contribution in [0.25, 0.3) is 0 Å². The van der Waals surface area contributed by atoms with Gasteiger partial charge in [0, 0.05) is 29.8 Å². The number of nitrogens with zero attached hydrogens (tertiary/aromatic N) is 2. The maximum Gasteiger partial charge on any atom is 0.294 e. The van der Waals surface area contributed by atoms with Crippen LogP contribution in [0.2, 0.25) is 0 Å². The van der Waals surface area contributed by atoms with Crippen LogP contribution in [-0.4, -0.2) is 24.1 Å². The van der Waals surface area contributed by atoms with Crippen LogP contribution in [0.3, 0.4) is 0 Å². The van der Waals surface area contributed by atoms with Gasteiger partial charge in [0.05, 0.1) is 11.6 Å². The van der Waals surface area contributed by atoms with Gasteiger partial charge in [0.2, 0.25) is 0 Å². The first-order valence-corrected chi connectivity index (χ1v) is 13.5. The summed E-state index contributed by atoms with van der Waals surface area (Å²) in [5.74, 6) is 0.205. The van der Waals surface area contributed by atoms with Crippen molar-refractivity contribution in [2.45, 2.75) is 46.0 Å². The molecule has 6 nitrogen and oxygen atoms in total. The van der Waals surface area contributed by atoms with Gasteiger partial charge < -0.3 is 9.32 Å². The number of amides is 2. The number of hydrogen-bond donors (Lipinski definition) is 1. The molecule has 5 rings (SSSR count). The molecule has 1 aromatic heterocycles. The Kier molecular flexibility index (Phi) is 7.73. The summed E-state index contributed by atoms with van der Waals surface area (Å²) < 4.78 is 6.17. The van der Waals surface area contributed by atoms with Crippen LogP contribution < -0.4 is 10.3 Å². The van der Waals surface area contributed by atoms with E-state index in [9.17, 15) is 9.59 Å². The van der Waals surface area contributed by atoms with Gasteiger partial charge in [0.1, 0.15) is 5.76 Å². The summed E-state index contributed by atoms with van der Waals surface area (Å²) in [4.78, 5) is 28.9. The summed E-state index contributed by atoms with van der Waals surface area (Å²) in [5, 5.41) is 4.60. The molecule has 3 aromatic carbocycles. The van der Waals surface area contributed by atoms with Gasteiger partial charge in [-0.2, -0.15) is 5.10 Å². The zero-order valence-corrected chi connectivity index (χ0v) is 22.6. The molecule has 39 heavy (non-hydrogen) atoms. The molecule has 0 fully saturated rings. The Hall–Kier alpha value is -4.45. The highest BCUT2D eigenvalue weighted by Gasteiger charge is 2.31. The number of anilines is 1. The van der Waals surface area contributed by atoms with E-state index in [1.54, 1.807) is 4.90 Å². The lowest BCUT2D eigenvalue weighted by molar-refractivity contribution is -0.121. The van der Waals surface area contributed by atoms with Gasteiger partial charge in [-0.05, 0) is 62.4 Å². The molecule has 2 amide bonds. The van der Waals surface area contributed by atoms with Crippen molar-refractivity contribution >= 4 is 23.2 Å². The molecule has 1 N–H and O–H groups in total. The summed E-state index contributed by atoms with van der Waals surface area (Å²) in [5.41, 5.74) is 8.89. The average molecular weight is 520 g/mol. The van der Waals surface area contributed by atoms with Crippen LogP contribution in [0.4, 0.5) is 5.69 Å². The molecular formula is C33H33N3O3. The summed E-state index contributed by atoms with van der Waals surface area (Å²) >= 11 is 0. The van der Waals surface area contributed by atoms with Crippen molar-refractivity contribution in [2.75, 3.05) is 11.4 Å². The Morgan fingerprint density at radius 3 is 2.21 bits per heavy atom. The van der Waals surface area contributed by atoms with Gasteiger partial charge >= 0.3 is 0 Å². The quantitative estimate of drug-likeness (QED) is 0.281. The van der Waals surface area contributed by atoms with Crippen LogP contribution in [-0.2, 0) is 11.2 Å². The molecule has 1 aliphatic carbocycles. The van der Waals surface area contributed by atoms with Crippen LogP contribution in [0, 0.1) is 13.8 Å². The van der Waals surface area contributed by atoms with E-state index in [1.165, 1.54) is 0 Å². The molecule has 0 aliphatic heterocycles. The standard InChI is InChI=1S/C33H33N3O3/c1-4-36(26-18-11-13-22(2)21-26)33(38)31-23(3)29-27(19-12-20-28(29)39-31)34-35-32(37)30(24-14-7-5-8-15-24)25-16-9-6-10-17-25/h5-11,13-18,21,30H,4,12,19-20H2,1-3H3,(H,35,37)/b34-27+. The zero-order valence-electron chi connectivity index (χ0n) is 22.6. The predicted molar refractivity (Wildman–Crippen MR) is 154 cm³/mol. The summed E-state index contributed by atoms with van der Waals surface area (Å²) in [6.07, 6.45) is 2.25. The number of hydrazone groups is 1. The van der Waals surface area contributed by atoms with Crippen molar-refractivity contribution in [2.24, 2.45) is 5.10 Å². The van der Waals surface area contributed by atoms with Gasteiger partial charge in [0.25, 0.3) is 11.8 Å². The minimum atomic E-state index is -0.491. The molecular weight excluding hydrogens is 486 g/mol. The highest BCUT2D eigenvalue weighted by Crippen LogP contribution is 2.32. The van der Waals surface area contributed by atoms with Crippen molar-refractivity contribution in [3.8, 4) is 0 Å². The van der Waals surface area contributed by atoms with E-state index < -0.39 is 5.92 Å². The number of rotatable bonds is 7. The smallest absolute Gasteiger partial charge is 0.294 e. The van der Waals surface area contributed by atoms with Crippen LogP contribution >= 0.6 is 0 Å². The molecule has 0 unspecified atom stereocenters. The zero-order chi connectivity index (χ0) is 27.4. The number of aryl methyl sites for hydroxylation is 2. The third kappa shape index (κ3) is 5.41. The van der Waals surface area contributed by atoms with Crippen molar-refractivity contribution in [1.82, 2.24) is 5.43 Å². The number of benzene rings is 3. The highest BCUT2D eigenvalue weighted by molar-refractivity contribution is 6.10. The van der Waals surface area contributed by atoms with Gasteiger partial charge in [-0.15, -0.1) is 0 Å². The van der Waals surface area contributed by atoms with Crippen LogP contribution in [0.5, 0.6) is 0 Å². The van der Waals surface area contributed by atoms with Crippen LogP contribution in [0.1, 0.15) is 69.8 Å². The third-order valence-corrected chi connectivity index (χ3v) is 7.22. The second-order valence-corrected chi connectivity index (χ2v) is 9.89. The van der Waals surface area contributed by atoms with Gasteiger partial charge in [0.15, 0.2) is 5.76 Å². The number of carbonyl (C=O) groups excluding carboxylic acids is 2. The van der Waals surface area contributed by atoms with E-state index in [1.807, 2.05) is 106 Å². The lowest BCUT2D eigenvalue weighted by atomic mass is 9.90. The Balaban J connectivity index is 1.44. The third-order valence-electron chi connectivity index (χ3n) is 7.22. The monoisotopic (exact) mass is 519 g/mol. The van der Waals surface area contributed by atoms with Crippen LogP contribution in [0.15, 0.2) is 94.4 Å². The van der Waals surface area contributed by atoms with Crippen molar-refractivity contribution in [3.63, 3.8) is 0 Å². The van der Waals surface area contributed by atoms with E-state index >= 15 is 0 Å². The average Bonchev–Trinajstić information content (AvgIpc) is 3.30. The number of hydrogen-bond acceptors (Lipinski definition) is 4. The van der Waals surface area contributed by atoms with E-state index in [2.05, 4.69) is 10.5 Å². The Morgan fingerprint density at radius 1 is 0.923 bits per heavy atom. The fourth-order valence-electron chi connectivity index (χ4n) is 5.32. The SMILES string of the molecule is CCN(C(=O)c1oc2c(c1C)/C(=N/NC(=O)C(c1ccccc1)c1ccccc1)CCC2)c1cccc(C)c1. The first-order chi connectivity index (χ1) is 19.0. The minimum absolute atomic E-state index is 0.174. The molecule has 0 radical (unpaired) electrons. The van der Waals surface area contributed by atoms with E-state index in [-0.39, 0.29) is 11.8 Å². The molecule has 198 valence electrons. The Bertz CT molecular complexity index is 1470. The van der Waals surface area contributed by atoms with Gasteiger partial charge in [-0.25, -0.2) is 5.43 Å². The Labute approximate surface area is 229 Å². The molecule has 0 saturated carbocycles. The molecule has 0 bridgehead atoms. The predicted octanol–water partition coefficient (Wildman–Crippen LogP) is 6.55. The van der Waals surface area contributed by atoms with Crippen molar-refractivity contribution in [3.05, 3.63) is 124 Å². The number of nitrogens with one attached hydrogen (secondary N) is 1. The molecule has 1 aliphatic rings.